The van der Waals surface area contributed by atoms with E-state index in [1.54, 1.807) is 47.0 Å². The van der Waals surface area contributed by atoms with Gasteiger partial charge in [0.05, 0.1) is 36.3 Å². The summed E-state index contributed by atoms with van der Waals surface area (Å²) in [6.07, 6.45) is 3.76. The van der Waals surface area contributed by atoms with Gasteiger partial charge in [0.2, 0.25) is 0 Å². The van der Waals surface area contributed by atoms with E-state index in [1.165, 1.54) is 0 Å². The largest absolute Gasteiger partial charge is 0.245 e. The third kappa shape index (κ3) is 5.02. The van der Waals surface area contributed by atoms with E-state index in [9.17, 15) is 0 Å². The van der Waals surface area contributed by atoms with E-state index in [0.29, 0.717) is 13.1 Å². The van der Waals surface area contributed by atoms with Crippen molar-refractivity contribution in [1.29, 1.82) is 0 Å². The van der Waals surface area contributed by atoms with Crippen LogP contribution in [0.1, 0.15) is 27.7 Å². The zero-order valence-corrected chi connectivity index (χ0v) is 21.9. The Hall–Kier alpha value is -1.50. The summed E-state index contributed by atoms with van der Waals surface area (Å²) in [7, 11) is 0. The summed E-state index contributed by atoms with van der Waals surface area (Å²) in [5.74, 6) is 3.79. The molecule has 170 valence electrons. The zero-order chi connectivity index (χ0) is 22.5. The van der Waals surface area contributed by atoms with E-state index in [4.69, 9.17) is 19.9 Å². The molecular formula is C20H26N8S4. The van der Waals surface area contributed by atoms with Crippen LogP contribution in [0.15, 0.2) is 32.8 Å². The van der Waals surface area contributed by atoms with Crippen molar-refractivity contribution in [3.8, 4) is 0 Å². The Balaban J connectivity index is 1.66. The first-order chi connectivity index (χ1) is 15.7. The molecule has 4 heterocycles. The average Bonchev–Trinajstić information content (AvgIpc) is 3.37. The molecule has 0 aliphatic heterocycles. The number of aryl methyl sites for hydroxylation is 2. The molecule has 0 saturated carbocycles. The summed E-state index contributed by atoms with van der Waals surface area (Å²) in [4.78, 5) is 19.0. The van der Waals surface area contributed by atoms with Crippen molar-refractivity contribution >= 4 is 69.1 Å². The highest BCUT2D eigenvalue weighted by molar-refractivity contribution is 8.00. The number of hydrogen-bond acceptors (Lipinski definition) is 10. The first-order valence-electron chi connectivity index (χ1n) is 10.7. The summed E-state index contributed by atoms with van der Waals surface area (Å²) in [5, 5.41) is 14.9. The maximum absolute atomic E-state index is 4.78. The molecule has 32 heavy (non-hydrogen) atoms. The first-order valence-corrected chi connectivity index (χ1v) is 14.6. The minimum atomic E-state index is 0.653. The normalized spacial score (nSPS) is 11.8. The number of fused-ring (bicyclic) bond motifs is 2. The van der Waals surface area contributed by atoms with Crippen LogP contribution in [0.5, 0.6) is 0 Å². The van der Waals surface area contributed by atoms with Gasteiger partial charge < -0.3 is 0 Å². The van der Waals surface area contributed by atoms with Gasteiger partial charge in [0.15, 0.2) is 21.6 Å². The molecule has 0 amide bonds. The number of nitrogens with zero attached hydrogens (tertiary/aromatic N) is 8. The Morgan fingerprint density at radius 3 is 1.38 bits per heavy atom. The van der Waals surface area contributed by atoms with Gasteiger partial charge in [-0.3, -0.25) is 0 Å². The monoisotopic (exact) mass is 506 g/mol. The van der Waals surface area contributed by atoms with Gasteiger partial charge in [-0.1, -0.05) is 51.2 Å². The van der Waals surface area contributed by atoms with Gasteiger partial charge in [-0.05, 0) is 23.0 Å². The maximum Gasteiger partial charge on any atom is 0.190 e. The van der Waals surface area contributed by atoms with E-state index >= 15 is 0 Å². The van der Waals surface area contributed by atoms with Gasteiger partial charge in [-0.2, -0.15) is 10.2 Å². The van der Waals surface area contributed by atoms with E-state index < -0.39 is 0 Å². The Labute approximate surface area is 204 Å². The predicted molar refractivity (Wildman–Crippen MR) is 136 cm³/mol. The van der Waals surface area contributed by atoms with Gasteiger partial charge in [-0.15, -0.1) is 23.5 Å². The van der Waals surface area contributed by atoms with Crippen molar-refractivity contribution in [2.45, 2.75) is 61.1 Å². The highest BCUT2D eigenvalue weighted by Crippen LogP contribution is 2.29. The smallest absolute Gasteiger partial charge is 0.190 e. The van der Waals surface area contributed by atoms with E-state index in [1.807, 2.05) is 21.8 Å². The third-order valence-electron chi connectivity index (χ3n) is 4.51. The van der Waals surface area contributed by atoms with Crippen molar-refractivity contribution < 1.29 is 0 Å². The summed E-state index contributed by atoms with van der Waals surface area (Å²) < 4.78 is 3.91. The zero-order valence-electron chi connectivity index (χ0n) is 18.6. The molecule has 4 rings (SSSR count). The van der Waals surface area contributed by atoms with Crippen molar-refractivity contribution in [2.24, 2.45) is 0 Å². The Bertz CT molecular complexity index is 1110. The van der Waals surface area contributed by atoms with E-state index in [-0.39, 0.29) is 0 Å². The van der Waals surface area contributed by atoms with Crippen LogP contribution in [-0.4, -0.2) is 62.5 Å². The van der Waals surface area contributed by atoms with Crippen LogP contribution < -0.4 is 0 Å². The Kier molecular flexibility index (Phi) is 8.19. The van der Waals surface area contributed by atoms with Crippen LogP contribution in [-0.2, 0) is 13.1 Å². The number of thioether (sulfide) groups is 4. The molecule has 12 heteroatoms. The average molecular weight is 507 g/mol. The number of aromatic nitrogens is 8. The van der Waals surface area contributed by atoms with Crippen molar-refractivity contribution in [3.63, 3.8) is 0 Å². The molecule has 0 aromatic carbocycles. The lowest BCUT2D eigenvalue weighted by Gasteiger charge is -2.08. The van der Waals surface area contributed by atoms with Gasteiger partial charge in [0, 0.05) is 0 Å². The van der Waals surface area contributed by atoms with Crippen molar-refractivity contribution in [1.82, 2.24) is 39.5 Å². The summed E-state index contributed by atoms with van der Waals surface area (Å²) in [5.41, 5.74) is 1.75. The molecule has 0 fully saturated rings. The number of rotatable bonds is 11. The third-order valence-corrected chi connectivity index (χ3v) is 7.72. The fourth-order valence-electron chi connectivity index (χ4n) is 3.22. The standard InChI is InChI=1S/C20H26N8S4/c1-5-29-17-13-11-21-27(15(13)23-19(25-17)31-7-3)9-10-28-16-14(12-22-28)18(30-6-2)26-20(24-16)32-8-4/h11-12H,5-10H2,1-4H3. The SMILES string of the molecule is CCSc1nc(SCC)c2cnn(CCn3ncc4c(SCC)nc(SCC)nc43)c2n1. The second-order valence-electron chi connectivity index (χ2n) is 6.56. The van der Waals surface area contributed by atoms with Crippen LogP contribution in [0, 0.1) is 0 Å². The second kappa shape index (κ2) is 11.1. The van der Waals surface area contributed by atoms with Crippen LogP contribution in [0.4, 0.5) is 0 Å². The van der Waals surface area contributed by atoms with Crippen LogP contribution in [0.3, 0.4) is 0 Å². The van der Waals surface area contributed by atoms with Gasteiger partial charge in [0.1, 0.15) is 10.1 Å². The topological polar surface area (TPSA) is 87.2 Å². The molecular weight excluding hydrogens is 481 g/mol. The molecule has 4 aromatic heterocycles. The molecule has 0 unspecified atom stereocenters. The fraction of sp³-hybridized carbons (Fsp3) is 0.500. The molecule has 0 bridgehead atoms. The molecule has 0 atom stereocenters. The van der Waals surface area contributed by atoms with Crippen LogP contribution in [0.25, 0.3) is 22.1 Å². The molecule has 8 nitrogen and oxygen atoms in total. The van der Waals surface area contributed by atoms with E-state index in [0.717, 1.165) is 65.4 Å². The molecule has 0 spiro atoms. The van der Waals surface area contributed by atoms with Crippen LogP contribution >= 0.6 is 47.0 Å². The van der Waals surface area contributed by atoms with Crippen molar-refractivity contribution in [2.75, 3.05) is 23.0 Å². The molecule has 0 aliphatic rings. The summed E-state index contributed by atoms with van der Waals surface area (Å²) in [6, 6.07) is 0. The summed E-state index contributed by atoms with van der Waals surface area (Å²) in [6.45, 7) is 9.81. The van der Waals surface area contributed by atoms with Gasteiger partial charge >= 0.3 is 0 Å². The second-order valence-corrected chi connectivity index (χ2v) is 11.5. The maximum atomic E-state index is 4.78. The first kappa shape index (κ1) is 23.7. The quantitative estimate of drug-likeness (QED) is 0.155. The Morgan fingerprint density at radius 2 is 1.00 bits per heavy atom. The summed E-state index contributed by atoms with van der Waals surface area (Å²) >= 11 is 6.78. The Morgan fingerprint density at radius 1 is 0.594 bits per heavy atom. The fourth-order valence-corrected chi connectivity index (χ4v) is 5.91. The number of hydrogen-bond donors (Lipinski definition) is 0. The minimum Gasteiger partial charge on any atom is -0.245 e. The highest BCUT2D eigenvalue weighted by atomic mass is 32.2. The minimum absolute atomic E-state index is 0.653. The predicted octanol–water partition coefficient (Wildman–Crippen LogP) is 5.11. The highest BCUT2D eigenvalue weighted by Gasteiger charge is 2.16. The molecule has 0 saturated heterocycles. The molecule has 0 N–H and O–H groups in total. The van der Waals surface area contributed by atoms with Gasteiger partial charge in [0.25, 0.3) is 0 Å². The molecule has 4 aromatic rings. The molecule has 0 radical (unpaired) electrons. The van der Waals surface area contributed by atoms with E-state index in [2.05, 4.69) is 37.9 Å². The lowest BCUT2D eigenvalue weighted by molar-refractivity contribution is 0.514. The van der Waals surface area contributed by atoms with Gasteiger partial charge in [-0.25, -0.2) is 29.3 Å². The lowest BCUT2D eigenvalue weighted by Crippen LogP contribution is -2.11. The van der Waals surface area contributed by atoms with Crippen molar-refractivity contribution in [3.05, 3.63) is 12.4 Å². The molecule has 0 aliphatic carbocycles. The lowest BCUT2D eigenvalue weighted by atomic mass is 10.4. The van der Waals surface area contributed by atoms with Crippen LogP contribution in [0.2, 0.25) is 0 Å².